The highest BCUT2D eigenvalue weighted by Crippen LogP contribution is 2.33. The van der Waals surface area contributed by atoms with Gasteiger partial charge in [0, 0.05) is 28.7 Å². The minimum absolute atomic E-state index is 0.0258. The number of thioether (sulfide) groups is 1. The summed E-state index contributed by atoms with van der Waals surface area (Å²) in [6, 6.07) is 18.0. The van der Waals surface area contributed by atoms with Crippen molar-refractivity contribution in [2.45, 2.75) is 34.8 Å². The van der Waals surface area contributed by atoms with E-state index in [2.05, 4.69) is 33.9 Å². The van der Waals surface area contributed by atoms with Gasteiger partial charge in [0.1, 0.15) is 0 Å². The van der Waals surface area contributed by atoms with Gasteiger partial charge in [0.25, 0.3) is 0 Å². The second kappa shape index (κ2) is 9.50. The fourth-order valence-corrected chi connectivity index (χ4v) is 4.15. The molecule has 0 saturated heterocycles. The first-order valence-electron chi connectivity index (χ1n) is 8.52. The van der Waals surface area contributed by atoms with E-state index in [1.807, 2.05) is 48.7 Å². The number of imidazole rings is 1. The Kier molecular flexibility index (Phi) is 6.80. The molecule has 3 aromatic rings. The van der Waals surface area contributed by atoms with Crippen LogP contribution in [0.1, 0.15) is 13.3 Å². The lowest BCUT2D eigenvalue weighted by molar-refractivity contribution is -0.113. The number of para-hydroxylation sites is 1. The van der Waals surface area contributed by atoms with Crippen LogP contribution in [-0.2, 0) is 11.3 Å². The normalized spacial score (nSPS) is 10.7. The van der Waals surface area contributed by atoms with E-state index < -0.39 is 0 Å². The van der Waals surface area contributed by atoms with Crippen molar-refractivity contribution in [2.24, 2.45) is 0 Å². The molecule has 4 nitrogen and oxygen atoms in total. The molecule has 0 aliphatic heterocycles. The summed E-state index contributed by atoms with van der Waals surface area (Å²) in [4.78, 5) is 18.9. The number of nitrogens with zero attached hydrogens (tertiary/aromatic N) is 2. The Morgan fingerprint density at radius 3 is 2.69 bits per heavy atom. The third-order valence-corrected chi connectivity index (χ3v) is 5.69. The number of hydrogen-bond donors (Lipinski definition) is 1. The summed E-state index contributed by atoms with van der Waals surface area (Å²) in [5, 5.41) is 3.91. The molecule has 0 unspecified atom stereocenters. The summed E-state index contributed by atoms with van der Waals surface area (Å²) in [5.74, 6) is 0.313. The highest BCUT2D eigenvalue weighted by atomic mass is 32.2. The van der Waals surface area contributed by atoms with Gasteiger partial charge in [-0.2, -0.15) is 0 Å². The average molecular weight is 384 g/mol. The molecule has 0 aliphatic carbocycles. The molecule has 0 atom stereocenters. The third kappa shape index (κ3) is 5.16. The Morgan fingerprint density at radius 1 is 1.12 bits per heavy atom. The molecule has 0 fully saturated rings. The molecule has 0 saturated carbocycles. The van der Waals surface area contributed by atoms with E-state index in [4.69, 9.17) is 0 Å². The van der Waals surface area contributed by atoms with Gasteiger partial charge in [-0.15, -0.1) is 0 Å². The van der Waals surface area contributed by atoms with Crippen LogP contribution in [0.15, 0.2) is 81.9 Å². The van der Waals surface area contributed by atoms with E-state index in [-0.39, 0.29) is 5.91 Å². The van der Waals surface area contributed by atoms with Gasteiger partial charge in [-0.25, -0.2) is 4.98 Å². The molecule has 1 N–H and O–H groups in total. The van der Waals surface area contributed by atoms with Crippen LogP contribution < -0.4 is 5.32 Å². The lowest BCUT2D eigenvalue weighted by Crippen LogP contribution is -2.15. The topological polar surface area (TPSA) is 46.9 Å². The molecular weight excluding hydrogens is 362 g/mol. The van der Waals surface area contributed by atoms with Crippen molar-refractivity contribution < 1.29 is 4.79 Å². The highest BCUT2D eigenvalue weighted by Gasteiger charge is 2.10. The van der Waals surface area contributed by atoms with Crippen LogP contribution >= 0.6 is 23.5 Å². The molecule has 0 aliphatic rings. The van der Waals surface area contributed by atoms with E-state index in [1.54, 1.807) is 18.0 Å². The monoisotopic (exact) mass is 383 g/mol. The zero-order chi connectivity index (χ0) is 18.2. The Labute approximate surface area is 162 Å². The van der Waals surface area contributed by atoms with Crippen molar-refractivity contribution in [3.63, 3.8) is 0 Å². The SMILES string of the molecule is CCCn1ccnc1SCC(=O)Nc1ccccc1Sc1ccccc1. The van der Waals surface area contributed by atoms with Crippen LogP contribution in [0.4, 0.5) is 5.69 Å². The first kappa shape index (κ1) is 18.6. The summed E-state index contributed by atoms with van der Waals surface area (Å²) in [5.41, 5.74) is 0.837. The van der Waals surface area contributed by atoms with Gasteiger partial charge in [-0.3, -0.25) is 4.79 Å². The van der Waals surface area contributed by atoms with Gasteiger partial charge in [0.15, 0.2) is 5.16 Å². The maximum absolute atomic E-state index is 12.4. The van der Waals surface area contributed by atoms with Gasteiger partial charge in [-0.05, 0) is 30.7 Å². The van der Waals surface area contributed by atoms with E-state index >= 15 is 0 Å². The quantitative estimate of drug-likeness (QED) is 0.545. The molecule has 1 heterocycles. The summed E-state index contributed by atoms with van der Waals surface area (Å²) in [6.07, 6.45) is 4.78. The summed E-state index contributed by atoms with van der Waals surface area (Å²) in [7, 11) is 0. The first-order valence-corrected chi connectivity index (χ1v) is 10.3. The largest absolute Gasteiger partial charge is 0.326 e. The summed E-state index contributed by atoms with van der Waals surface area (Å²) < 4.78 is 2.08. The Balaban J connectivity index is 1.61. The average Bonchev–Trinajstić information content (AvgIpc) is 3.10. The standard InChI is InChI=1S/C20H21N3OS2/c1-2-13-23-14-12-21-20(23)25-15-19(24)22-17-10-6-7-11-18(17)26-16-8-4-3-5-9-16/h3-12,14H,2,13,15H2,1H3,(H,22,24). The molecule has 0 bridgehead atoms. The zero-order valence-electron chi connectivity index (χ0n) is 14.6. The molecule has 3 rings (SSSR count). The fourth-order valence-electron chi connectivity index (χ4n) is 2.44. The predicted molar refractivity (Wildman–Crippen MR) is 109 cm³/mol. The summed E-state index contributed by atoms with van der Waals surface area (Å²) in [6.45, 7) is 3.04. The number of rotatable bonds is 8. The predicted octanol–water partition coefficient (Wildman–Crippen LogP) is 5.18. The maximum Gasteiger partial charge on any atom is 0.234 e. The van der Waals surface area contributed by atoms with Crippen LogP contribution in [0.3, 0.4) is 0 Å². The minimum Gasteiger partial charge on any atom is -0.326 e. The van der Waals surface area contributed by atoms with E-state index in [1.165, 1.54) is 11.8 Å². The molecule has 0 radical (unpaired) electrons. The van der Waals surface area contributed by atoms with Gasteiger partial charge >= 0.3 is 0 Å². The van der Waals surface area contributed by atoms with Crippen molar-refractivity contribution in [2.75, 3.05) is 11.1 Å². The van der Waals surface area contributed by atoms with Gasteiger partial charge < -0.3 is 9.88 Å². The second-order valence-electron chi connectivity index (χ2n) is 5.65. The molecule has 1 amide bonds. The number of aryl methyl sites for hydroxylation is 1. The zero-order valence-corrected chi connectivity index (χ0v) is 16.2. The van der Waals surface area contributed by atoms with Crippen molar-refractivity contribution in [1.82, 2.24) is 9.55 Å². The smallest absolute Gasteiger partial charge is 0.234 e. The minimum atomic E-state index is -0.0258. The number of aromatic nitrogens is 2. The number of carbonyl (C=O) groups is 1. The maximum atomic E-state index is 12.4. The molecule has 0 spiro atoms. The van der Waals surface area contributed by atoms with E-state index in [0.29, 0.717) is 5.75 Å². The van der Waals surface area contributed by atoms with Crippen LogP contribution in [0.2, 0.25) is 0 Å². The van der Waals surface area contributed by atoms with Crippen LogP contribution in [0, 0.1) is 0 Å². The number of hydrogen-bond acceptors (Lipinski definition) is 4. The van der Waals surface area contributed by atoms with Crippen molar-refractivity contribution in [3.05, 3.63) is 67.0 Å². The number of anilines is 1. The molecule has 26 heavy (non-hydrogen) atoms. The molecule has 2 aromatic carbocycles. The van der Waals surface area contributed by atoms with Crippen molar-refractivity contribution >= 4 is 35.1 Å². The Hall–Kier alpha value is -2.18. The lowest BCUT2D eigenvalue weighted by atomic mass is 10.3. The van der Waals surface area contributed by atoms with Crippen LogP contribution in [0.25, 0.3) is 0 Å². The molecular formula is C20H21N3OS2. The number of carbonyl (C=O) groups excluding carboxylic acids is 1. The van der Waals surface area contributed by atoms with Gasteiger partial charge in [-0.1, -0.05) is 60.8 Å². The summed E-state index contributed by atoms with van der Waals surface area (Å²) >= 11 is 3.11. The van der Waals surface area contributed by atoms with Crippen LogP contribution in [-0.4, -0.2) is 21.2 Å². The van der Waals surface area contributed by atoms with Crippen LogP contribution in [0.5, 0.6) is 0 Å². The molecule has 134 valence electrons. The first-order chi connectivity index (χ1) is 12.8. The Bertz CT molecular complexity index is 849. The molecule has 1 aromatic heterocycles. The number of amides is 1. The number of nitrogens with one attached hydrogen (secondary N) is 1. The van der Waals surface area contributed by atoms with Crippen molar-refractivity contribution in [3.8, 4) is 0 Å². The van der Waals surface area contributed by atoms with E-state index in [0.717, 1.165) is 33.6 Å². The highest BCUT2D eigenvalue weighted by molar-refractivity contribution is 8.00. The second-order valence-corrected chi connectivity index (χ2v) is 7.71. The molecule has 6 heteroatoms. The third-order valence-electron chi connectivity index (χ3n) is 3.61. The van der Waals surface area contributed by atoms with Gasteiger partial charge in [0.05, 0.1) is 11.4 Å². The Morgan fingerprint density at radius 2 is 1.88 bits per heavy atom. The lowest BCUT2D eigenvalue weighted by Gasteiger charge is -2.11. The van der Waals surface area contributed by atoms with Crippen molar-refractivity contribution in [1.29, 1.82) is 0 Å². The van der Waals surface area contributed by atoms with E-state index in [9.17, 15) is 4.79 Å². The van der Waals surface area contributed by atoms with Gasteiger partial charge in [0.2, 0.25) is 5.91 Å². The fraction of sp³-hybridized carbons (Fsp3) is 0.200. The number of benzene rings is 2.